The van der Waals surface area contributed by atoms with E-state index >= 15 is 0 Å². The van der Waals surface area contributed by atoms with Crippen molar-refractivity contribution in [3.8, 4) is 0 Å². The Bertz CT molecular complexity index is 637. The Kier molecular flexibility index (Phi) is 5.07. The van der Waals surface area contributed by atoms with Crippen LogP contribution in [-0.4, -0.2) is 27.3 Å². The Morgan fingerprint density at radius 1 is 1.25 bits per heavy atom. The lowest BCUT2D eigenvalue weighted by molar-refractivity contribution is 0.668. The number of rotatable bonds is 4. The molecule has 0 bridgehead atoms. The maximum absolute atomic E-state index is 5.99. The molecule has 0 unspecified atom stereocenters. The van der Waals surface area contributed by atoms with Gasteiger partial charge in [-0.3, -0.25) is 0 Å². The third kappa shape index (κ3) is 3.34. The molecule has 0 saturated carbocycles. The average molecular weight is 329 g/mol. The normalized spacial score (nSPS) is 11.7. The number of hydrogen-bond acceptors (Lipinski definition) is 4. The smallest absolute Gasteiger partial charge is 0.191 e. The molecule has 0 atom stereocenters. The van der Waals surface area contributed by atoms with Gasteiger partial charge >= 0.3 is 0 Å². The van der Waals surface area contributed by atoms with Gasteiger partial charge in [0.2, 0.25) is 5.16 Å². The van der Waals surface area contributed by atoms with Crippen molar-refractivity contribution in [1.82, 2.24) is 14.9 Å². The summed E-state index contributed by atoms with van der Waals surface area (Å²) in [5.74, 6) is 1.07. The summed E-state index contributed by atoms with van der Waals surface area (Å²) in [7, 11) is 0. The first-order valence-corrected chi connectivity index (χ1v) is 7.99. The van der Waals surface area contributed by atoms with Crippen LogP contribution in [0.4, 0.5) is 0 Å². The van der Waals surface area contributed by atoms with Crippen molar-refractivity contribution >= 4 is 41.2 Å². The third-order valence-corrected chi connectivity index (χ3v) is 3.96. The second kappa shape index (κ2) is 6.61. The zero-order valence-corrected chi connectivity index (χ0v) is 13.7. The zero-order valence-electron chi connectivity index (χ0n) is 11.3. The van der Waals surface area contributed by atoms with Crippen molar-refractivity contribution < 1.29 is 0 Å². The van der Waals surface area contributed by atoms with Crippen LogP contribution < -0.4 is 0 Å². The van der Waals surface area contributed by atoms with Gasteiger partial charge in [-0.2, -0.15) is 9.78 Å². The van der Waals surface area contributed by atoms with Crippen LogP contribution in [0.2, 0.25) is 10.0 Å². The molecular formula is C13H14Cl2N4S. The van der Waals surface area contributed by atoms with Crippen LogP contribution >= 0.6 is 35.0 Å². The van der Waals surface area contributed by atoms with Gasteiger partial charge in [0.1, 0.15) is 0 Å². The van der Waals surface area contributed by atoms with Crippen molar-refractivity contribution in [3.05, 3.63) is 39.6 Å². The van der Waals surface area contributed by atoms with Gasteiger partial charge in [0.05, 0.1) is 16.3 Å². The molecule has 4 nitrogen and oxygen atoms in total. The van der Waals surface area contributed by atoms with Gasteiger partial charge in [-0.15, -0.1) is 10.2 Å². The highest BCUT2D eigenvalue weighted by Gasteiger charge is 2.13. The standard InChI is InChI=1S/C13H14Cl2N4S/c1-8(2)12-17-18-13(20-3)19(12)16-7-9-4-5-10(14)11(15)6-9/h4-8H,1-3H3/b16-7-. The molecule has 0 amide bonds. The maximum Gasteiger partial charge on any atom is 0.211 e. The molecule has 0 N–H and O–H groups in total. The average Bonchev–Trinajstić information content (AvgIpc) is 2.83. The van der Waals surface area contributed by atoms with Gasteiger partial charge in [-0.05, 0) is 24.0 Å². The highest BCUT2D eigenvalue weighted by Crippen LogP contribution is 2.22. The summed E-state index contributed by atoms with van der Waals surface area (Å²) in [6.45, 7) is 4.11. The van der Waals surface area contributed by atoms with E-state index in [4.69, 9.17) is 23.2 Å². The van der Waals surface area contributed by atoms with E-state index in [1.807, 2.05) is 12.3 Å². The Morgan fingerprint density at radius 2 is 2.00 bits per heavy atom. The Labute approximate surface area is 132 Å². The van der Waals surface area contributed by atoms with Crippen LogP contribution in [0.25, 0.3) is 0 Å². The molecule has 1 heterocycles. The first-order valence-electron chi connectivity index (χ1n) is 6.01. The minimum atomic E-state index is 0.245. The van der Waals surface area contributed by atoms with Crippen LogP contribution in [-0.2, 0) is 0 Å². The van der Waals surface area contributed by atoms with E-state index in [1.165, 1.54) is 11.8 Å². The first-order chi connectivity index (χ1) is 9.52. The Morgan fingerprint density at radius 3 is 2.60 bits per heavy atom. The van der Waals surface area contributed by atoms with E-state index in [-0.39, 0.29) is 5.92 Å². The van der Waals surface area contributed by atoms with E-state index in [0.29, 0.717) is 10.0 Å². The molecule has 2 rings (SSSR count). The van der Waals surface area contributed by atoms with Gasteiger partial charge in [-0.1, -0.05) is 54.9 Å². The molecule has 1 aromatic carbocycles. The highest BCUT2D eigenvalue weighted by atomic mass is 35.5. The van der Waals surface area contributed by atoms with E-state index in [2.05, 4.69) is 29.1 Å². The monoisotopic (exact) mass is 328 g/mol. The number of halogens is 2. The van der Waals surface area contributed by atoms with Crippen molar-refractivity contribution in [3.63, 3.8) is 0 Å². The predicted molar refractivity (Wildman–Crippen MR) is 85.3 cm³/mol. The molecular weight excluding hydrogens is 315 g/mol. The summed E-state index contributed by atoms with van der Waals surface area (Å²) >= 11 is 13.4. The first kappa shape index (κ1) is 15.4. The molecule has 106 valence electrons. The number of hydrogen-bond donors (Lipinski definition) is 0. The number of nitrogens with zero attached hydrogens (tertiary/aromatic N) is 4. The van der Waals surface area contributed by atoms with Crippen LogP contribution in [0.15, 0.2) is 28.5 Å². The summed E-state index contributed by atoms with van der Waals surface area (Å²) in [5, 5.41) is 14.5. The summed E-state index contributed by atoms with van der Waals surface area (Å²) < 4.78 is 1.75. The van der Waals surface area contributed by atoms with Crippen LogP contribution in [0, 0.1) is 0 Å². The Hall–Kier alpha value is -1.04. The Balaban J connectivity index is 2.35. The lowest BCUT2D eigenvalue weighted by atomic mass is 10.2. The molecule has 2 aromatic rings. The van der Waals surface area contributed by atoms with Gasteiger partial charge in [0.25, 0.3) is 0 Å². The molecule has 0 fully saturated rings. The fourth-order valence-electron chi connectivity index (χ4n) is 1.59. The second-order valence-corrected chi connectivity index (χ2v) is 6.02. The maximum atomic E-state index is 5.99. The third-order valence-electron chi connectivity index (χ3n) is 2.60. The van der Waals surface area contributed by atoms with Crippen LogP contribution in [0.1, 0.15) is 31.2 Å². The van der Waals surface area contributed by atoms with Crippen LogP contribution in [0.5, 0.6) is 0 Å². The van der Waals surface area contributed by atoms with E-state index in [9.17, 15) is 0 Å². The molecule has 7 heteroatoms. The zero-order chi connectivity index (χ0) is 14.7. The number of benzene rings is 1. The van der Waals surface area contributed by atoms with E-state index in [1.54, 1.807) is 23.0 Å². The molecule has 0 saturated heterocycles. The fourth-order valence-corrected chi connectivity index (χ4v) is 2.33. The largest absolute Gasteiger partial charge is 0.211 e. The quantitative estimate of drug-likeness (QED) is 0.620. The lowest BCUT2D eigenvalue weighted by Gasteiger charge is -2.05. The lowest BCUT2D eigenvalue weighted by Crippen LogP contribution is -2.01. The summed E-state index contributed by atoms with van der Waals surface area (Å²) in [6, 6.07) is 5.37. The number of thioether (sulfide) groups is 1. The molecule has 1 aromatic heterocycles. The summed E-state index contributed by atoms with van der Waals surface area (Å²) in [4.78, 5) is 0. The second-order valence-electron chi connectivity index (χ2n) is 4.43. The minimum Gasteiger partial charge on any atom is -0.191 e. The van der Waals surface area contributed by atoms with Crippen molar-refractivity contribution in [1.29, 1.82) is 0 Å². The van der Waals surface area contributed by atoms with E-state index in [0.717, 1.165) is 16.5 Å². The molecule has 0 aliphatic heterocycles. The SMILES string of the molecule is CSc1nnc(C(C)C)n1/N=C\c1ccc(Cl)c(Cl)c1. The van der Waals surface area contributed by atoms with Gasteiger partial charge in [0.15, 0.2) is 5.82 Å². The molecule has 0 radical (unpaired) electrons. The van der Waals surface area contributed by atoms with Crippen molar-refractivity contribution in [2.24, 2.45) is 5.10 Å². The molecule has 0 aliphatic rings. The van der Waals surface area contributed by atoms with Gasteiger partial charge in [0, 0.05) is 5.92 Å². The van der Waals surface area contributed by atoms with E-state index < -0.39 is 0 Å². The molecule has 20 heavy (non-hydrogen) atoms. The molecule has 0 aliphatic carbocycles. The molecule has 0 spiro atoms. The van der Waals surface area contributed by atoms with Gasteiger partial charge < -0.3 is 0 Å². The van der Waals surface area contributed by atoms with Gasteiger partial charge in [-0.25, -0.2) is 0 Å². The fraction of sp³-hybridized carbons (Fsp3) is 0.308. The van der Waals surface area contributed by atoms with Crippen molar-refractivity contribution in [2.75, 3.05) is 6.26 Å². The number of aromatic nitrogens is 3. The topological polar surface area (TPSA) is 43.1 Å². The summed E-state index contributed by atoms with van der Waals surface area (Å²) in [6.07, 6.45) is 3.66. The summed E-state index contributed by atoms with van der Waals surface area (Å²) in [5.41, 5.74) is 0.870. The van der Waals surface area contributed by atoms with Crippen molar-refractivity contribution in [2.45, 2.75) is 24.9 Å². The van der Waals surface area contributed by atoms with Crippen LogP contribution in [0.3, 0.4) is 0 Å². The minimum absolute atomic E-state index is 0.245. The predicted octanol–water partition coefficient (Wildman–Crippen LogP) is 4.31. The highest BCUT2D eigenvalue weighted by molar-refractivity contribution is 7.98.